The second-order valence-corrected chi connectivity index (χ2v) is 5.86. The van der Waals surface area contributed by atoms with E-state index in [4.69, 9.17) is 5.73 Å². The number of rotatable bonds is 1. The third-order valence-electron chi connectivity index (χ3n) is 3.50. The van der Waals surface area contributed by atoms with Crippen molar-refractivity contribution in [2.24, 2.45) is 0 Å². The molecule has 3 rings (SSSR count). The molecule has 5 nitrogen and oxygen atoms in total. The Labute approximate surface area is 121 Å². The fraction of sp³-hybridized carbons (Fsp3) is 0.286. The van der Waals surface area contributed by atoms with Crippen molar-refractivity contribution in [3.8, 4) is 0 Å². The molecule has 0 atom stereocenters. The Hall–Kier alpha value is -2.08. The number of anilines is 3. The zero-order valence-electron chi connectivity index (χ0n) is 11.5. The number of hydrogen-bond donors (Lipinski definition) is 1. The summed E-state index contributed by atoms with van der Waals surface area (Å²) in [4.78, 5) is 21.5. The van der Waals surface area contributed by atoms with E-state index in [1.54, 1.807) is 0 Å². The lowest BCUT2D eigenvalue weighted by Gasteiger charge is -2.35. The van der Waals surface area contributed by atoms with Crippen molar-refractivity contribution >= 4 is 33.8 Å². The molecule has 0 saturated carbocycles. The lowest BCUT2D eigenvalue weighted by atomic mass is 10.1. The molecule has 2 N–H and O–H groups in total. The molecule has 2 heterocycles. The molecule has 2 aromatic rings. The van der Waals surface area contributed by atoms with Gasteiger partial charge in [0.2, 0.25) is 0 Å². The van der Waals surface area contributed by atoms with Gasteiger partial charge in [-0.15, -0.1) is 0 Å². The van der Waals surface area contributed by atoms with E-state index in [0.717, 1.165) is 17.9 Å². The largest absolute Gasteiger partial charge is 0.375 e. The minimum Gasteiger partial charge on any atom is -0.375 e. The van der Waals surface area contributed by atoms with Gasteiger partial charge in [0.25, 0.3) is 5.91 Å². The zero-order chi connectivity index (χ0) is 14.3. The maximum Gasteiger partial charge on any atom is 0.270 e. The van der Waals surface area contributed by atoms with E-state index in [9.17, 15) is 4.79 Å². The van der Waals surface area contributed by atoms with Gasteiger partial charge in [0, 0.05) is 20.1 Å². The number of aromatic nitrogens is 1. The maximum absolute atomic E-state index is 12.7. The van der Waals surface area contributed by atoms with Crippen molar-refractivity contribution < 1.29 is 4.79 Å². The number of carbonyl (C=O) groups excluding carboxylic acids is 1. The van der Waals surface area contributed by atoms with E-state index in [0.29, 0.717) is 22.2 Å². The molecule has 1 aliphatic heterocycles. The lowest BCUT2D eigenvalue weighted by Crippen LogP contribution is -2.42. The number of fused-ring (bicyclic) bond motifs is 1. The zero-order valence-corrected chi connectivity index (χ0v) is 12.3. The Balaban J connectivity index is 2.01. The fourth-order valence-corrected chi connectivity index (χ4v) is 3.24. The highest BCUT2D eigenvalue weighted by Crippen LogP contribution is 2.34. The topological polar surface area (TPSA) is 62.5 Å². The smallest absolute Gasteiger partial charge is 0.270 e. The van der Waals surface area contributed by atoms with Crippen molar-refractivity contribution in [1.29, 1.82) is 0 Å². The molecule has 0 bridgehead atoms. The van der Waals surface area contributed by atoms with E-state index in [1.807, 2.05) is 43.1 Å². The summed E-state index contributed by atoms with van der Waals surface area (Å²) in [6, 6.07) is 7.94. The van der Waals surface area contributed by atoms with Gasteiger partial charge in [-0.2, -0.15) is 0 Å². The summed E-state index contributed by atoms with van der Waals surface area (Å²) >= 11 is 1.25. The van der Waals surface area contributed by atoms with Crippen LogP contribution in [0.2, 0.25) is 0 Å². The first-order valence-electron chi connectivity index (χ1n) is 6.43. The van der Waals surface area contributed by atoms with Crippen LogP contribution >= 0.6 is 11.3 Å². The number of para-hydroxylation sites is 2. The summed E-state index contributed by atoms with van der Waals surface area (Å²) in [6.07, 6.45) is 0. The van der Waals surface area contributed by atoms with E-state index >= 15 is 0 Å². The number of nitrogen functional groups attached to an aromatic ring is 1. The SMILES string of the molecule is Cc1nc(N)sc1C(=O)N1CCN(C)c2ccccc21. The molecule has 1 aromatic carbocycles. The number of benzene rings is 1. The predicted molar refractivity (Wildman–Crippen MR) is 82.7 cm³/mol. The molecular weight excluding hydrogens is 272 g/mol. The summed E-state index contributed by atoms with van der Waals surface area (Å²) in [5, 5.41) is 0.438. The van der Waals surface area contributed by atoms with Crippen LogP contribution in [0, 0.1) is 6.92 Å². The maximum atomic E-state index is 12.7. The van der Waals surface area contributed by atoms with Crippen LogP contribution in [0.1, 0.15) is 15.4 Å². The highest BCUT2D eigenvalue weighted by Gasteiger charge is 2.28. The monoisotopic (exact) mass is 288 g/mol. The van der Waals surface area contributed by atoms with Crippen molar-refractivity contribution in [2.45, 2.75) is 6.92 Å². The lowest BCUT2D eigenvalue weighted by molar-refractivity contribution is 0.0990. The van der Waals surface area contributed by atoms with Gasteiger partial charge in [-0.25, -0.2) is 4.98 Å². The second kappa shape index (κ2) is 4.79. The third kappa shape index (κ3) is 2.02. The van der Waals surface area contributed by atoms with Crippen LogP contribution in [0.4, 0.5) is 16.5 Å². The minimum absolute atomic E-state index is 0.0164. The van der Waals surface area contributed by atoms with Crippen LogP contribution in [0.3, 0.4) is 0 Å². The molecule has 1 amide bonds. The molecule has 0 radical (unpaired) electrons. The average Bonchev–Trinajstić information content (AvgIpc) is 2.78. The number of likely N-dealkylation sites (N-methyl/N-ethyl adjacent to an activating group) is 1. The highest BCUT2D eigenvalue weighted by molar-refractivity contribution is 7.17. The average molecular weight is 288 g/mol. The van der Waals surface area contributed by atoms with Gasteiger partial charge in [0.05, 0.1) is 17.1 Å². The standard InChI is InChI=1S/C14H16N4OS/c1-9-12(20-14(15)16-9)13(19)18-8-7-17(2)10-5-3-4-6-11(10)18/h3-6H,7-8H2,1-2H3,(H2,15,16). The van der Waals surface area contributed by atoms with Gasteiger partial charge in [-0.3, -0.25) is 4.79 Å². The first-order valence-corrected chi connectivity index (χ1v) is 7.24. The molecule has 0 spiro atoms. The molecule has 0 unspecified atom stereocenters. The summed E-state index contributed by atoms with van der Waals surface area (Å²) in [5.41, 5.74) is 8.41. The number of nitrogens with two attached hydrogens (primary N) is 1. The van der Waals surface area contributed by atoms with E-state index in [2.05, 4.69) is 9.88 Å². The Morgan fingerprint density at radius 2 is 2.00 bits per heavy atom. The molecule has 0 fully saturated rings. The van der Waals surface area contributed by atoms with Crippen LogP contribution in [0.5, 0.6) is 0 Å². The molecule has 0 saturated heterocycles. The van der Waals surface area contributed by atoms with Gasteiger partial charge < -0.3 is 15.5 Å². The minimum atomic E-state index is -0.0164. The molecule has 0 aliphatic carbocycles. The van der Waals surface area contributed by atoms with Crippen molar-refractivity contribution in [2.75, 3.05) is 35.7 Å². The number of aryl methyl sites for hydroxylation is 1. The summed E-state index contributed by atoms with van der Waals surface area (Å²) < 4.78 is 0. The van der Waals surface area contributed by atoms with Crippen molar-refractivity contribution in [3.63, 3.8) is 0 Å². The van der Waals surface area contributed by atoms with Gasteiger partial charge >= 0.3 is 0 Å². The number of carbonyl (C=O) groups is 1. The summed E-state index contributed by atoms with van der Waals surface area (Å²) in [7, 11) is 2.04. The third-order valence-corrected chi connectivity index (χ3v) is 4.47. The van der Waals surface area contributed by atoms with Crippen LogP contribution in [0.25, 0.3) is 0 Å². The highest BCUT2D eigenvalue weighted by atomic mass is 32.1. The Kier molecular flexibility index (Phi) is 3.10. The summed E-state index contributed by atoms with van der Waals surface area (Å²) in [6.45, 7) is 3.31. The number of nitrogens with zero attached hydrogens (tertiary/aromatic N) is 3. The van der Waals surface area contributed by atoms with Gasteiger partial charge in [-0.05, 0) is 19.1 Å². The van der Waals surface area contributed by atoms with Crippen molar-refractivity contribution in [3.05, 3.63) is 34.8 Å². The molecule has 20 heavy (non-hydrogen) atoms. The predicted octanol–water partition coefficient (Wildman–Crippen LogP) is 2.13. The van der Waals surface area contributed by atoms with E-state index in [1.165, 1.54) is 11.3 Å². The van der Waals surface area contributed by atoms with Crippen LogP contribution in [-0.2, 0) is 0 Å². The number of thiazole rings is 1. The van der Waals surface area contributed by atoms with Crippen molar-refractivity contribution in [1.82, 2.24) is 4.98 Å². The molecular formula is C14H16N4OS. The van der Waals surface area contributed by atoms with Crippen LogP contribution in [0.15, 0.2) is 24.3 Å². The Morgan fingerprint density at radius 1 is 1.30 bits per heavy atom. The van der Waals surface area contributed by atoms with E-state index < -0.39 is 0 Å². The molecule has 1 aromatic heterocycles. The number of hydrogen-bond acceptors (Lipinski definition) is 5. The fourth-order valence-electron chi connectivity index (χ4n) is 2.46. The molecule has 6 heteroatoms. The second-order valence-electron chi connectivity index (χ2n) is 4.83. The first kappa shape index (κ1) is 12.9. The van der Waals surface area contributed by atoms with Crippen LogP contribution < -0.4 is 15.5 Å². The number of amides is 1. The van der Waals surface area contributed by atoms with Gasteiger partial charge in [0.15, 0.2) is 5.13 Å². The summed E-state index contributed by atoms with van der Waals surface area (Å²) in [5.74, 6) is -0.0164. The van der Waals surface area contributed by atoms with E-state index in [-0.39, 0.29) is 5.91 Å². The molecule has 1 aliphatic rings. The first-order chi connectivity index (χ1) is 9.58. The van der Waals surface area contributed by atoms with Gasteiger partial charge in [0.1, 0.15) is 4.88 Å². The van der Waals surface area contributed by atoms with Gasteiger partial charge in [-0.1, -0.05) is 23.5 Å². The quantitative estimate of drug-likeness (QED) is 0.873. The normalized spacial score (nSPS) is 14.3. The Bertz CT molecular complexity index is 667. The Morgan fingerprint density at radius 3 is 2.65 bits per heavy atom. The molecule has 104 valence electrons. The van der Waals surface area contributed by atoms with Crippen LogP contribution in [-0.4, -0.2) is 31.0 Å².